The van der Waals surface area contributed by atoms with Gasteiger partial charge in [0.25, 0.3) is 0 Å². The molecule has 0 fully saturated rings. The van der Waals surface area contributed by atoms with Crippen LogP contribution >= 0.6 is 0 Å². The van der Waals surface area contributed by atoms with E-state index in [0.29, 0.717) is 0 Å². The van der Waals surface area contributed by atoms with Crippen molar-refractivity contribution in [2.75, 3.05) is 5.43 Å². The molecular formula is C6H6N3. The lowest BCUT2D eigenvalue weighted by Crippen LogP contribution is -2.09. The Morgan fingerprint density at radius 1 is 1.44 bits per heavy atom. The summed E-state index contributed by atoms with van der Waals surface area (Å²) in [5, 5.41) is 0. The topological polar surface area (TPSA) is 37.0 Å². The van der Waals surface area contributed by atoms with Gasteiger partial charge in [-0.25, -0.2) is 10.4 Å². The first-order valence-electron chi connectivity index (χ1n) is 2.76. The third-order valence-electron chi connectivity index (χ3n) is 1.26. The van der Waals surface area contributed by atoms with Crippen molar-refractivity contribution in [1.29, 1.82) is 0 Å². The van der Waals surface area contributed by atoms with Crippen LogP contribution in [-0.2, 0) is 0 Å². The van der Waals surface area contributed by atoms with Gasteiger partial charge in [0.2, 0.25) is 0 Å². The number of nitrogens with zero attached hydrogens (tertiary/aromatic N) is 1. The Morgan fingerprint density at radius 3 is 3.33 bits per heavy atom. The van der Waals surface area contributed by atoms with Crippen molar-refractivity contribution in [1.82, 2.24) is 10.4 Å². The predicted molar refractivity (Wildman–Crippen MR) is 34.4 cm³/mol. The van der Waals surface area contributed by atoms with Crippen LogP contribution < -0.4 is 10.9 Å². The summed E-state index contributed by atoms with van der Waals surface area (Å²) in [5.74, 6) is 0.900. The zero-order valence-electron chi connectivity index (χ0n) is 4.76. The number of aromatic nitrogens is 1. The molecule has 1 aliphatic heterocycles. The van der Waals surface area contributed by atoms with Crippen LogP contribution in [0.4, 0.5) is 5.82 Å². The fourth-order valence-corrected chi connectivity index (χ4v) is 0.821. The molecule has 3 heteroatoms. The number of hydrogen-bond donors (Lipinski definition) is 2. The molecule has 0 amide bonds. The van der Waals surface area contributed by atoms with Crippen LogP contribution in [0.3, 0.4) is 0 Å². The molecule has 0 saturated heterocycles. The first-order chi connectivity index (χ1) is 4.47. The minimum absolute atomic E-state index is 0.900. The molecule has 1 aromatic rings. The second-order valence-corrected chi connectivity index (χ2v) is 1.85. The molecule has 1 radical (unpaired) electrons. The van der Waals surface area contributed by atoms with Gasteiger partial charge >= 0.3 is 0 Å². The summed E-state index contributed by atoms with van der Waals surface area (Å²) in [5.41, 5.74) is 6.84. The van der Waals surface area contributed by atoms with Gasteiger partial charge in [-0.3, -0.25) is 0 Å². The summed E-state index contributed by atoms with van der Waals surface area (Å²) in [7, 11) is 0. The maximum absolute atomic E-state index is 4.05. The molecule has 0 aliphatic carbocycles. The zero-order chi connectivity index (χ0) is 6.10. The minimum Gasteiger partial charge on any atom is -0.305 e. The smallest absolute Gasteiger partial charge is 0.145 e. The molecule has 2 heterocycles. The van der Waals surface area contributed by atoms with Gasteiger partial charge < -0.3 is 5.43 Å². The van der Waals surface area contributed by atoms with Gasteiger partial charge in [0, 0.05) is 11.8 Å². The van der Waals surface area contributed by atoms with Gasteiger partial charge in [-0.2, -0.15) is 0 Å². The monoisotopic (exact) mass is 120 g/mol. The fourth-order valence-electron chi connectivity index (χ4n) is 0.821. The number of pyridine rings is 1. The minimum atomic E-state index is 0.900. The summed E-state index contributed by atoms with van der Waals surface area (Å²) in [6.07, 6.45) is 1.76. The number of rotatable bonds is 0. The quantitative estimate of drug-likeness (QED) is 0.524. The first kappa shape index (κ1) is 4.76. The summed E-state index contributed by atoms with van der Waals surface area (Å²) in [6, 6.07) is 3.90. The highest BCUT2D eigenvalue weighted by molar-refractivity contribution is 5.51. The predicted octanol–water partition coefficient (Wildman–Crippen LogP) is 0.522. The van der Waals surface area contributed by atoms with Crippen molar-refractivity contribution in [2.45, 2.75) is 0 Å². The van der Waals surface area contributed by atoms with Gasteiger partial charge in [0.05, 0.1) is 6.54 Å². The van der Waals surface area contributed by atoms with Crippen molar-refractivity contribution in [3.8, 4) is 0 Å². The largest absolute Gasteiger partial charge is 0.305 e. The van der Waals surface area contributed by atoms with Crippen molar-refractivity contribution < 1.29 is 0 Å². The molecule has 0 bridgehead atoms. The Bertz CT molecular complexity index is 198. The summed E-state index contributed by atoms with van der Waals surface area (Å²) in [4.78, 5) is 4.05. The van der Waals surface area contributed by atoms with Crippen LogP contribution in [0.1, 0.15) is 5.56 Å². The van der Waals surface area contributed by atoms with E-state index in [0.717, 1.165) is 11.4 Å². The molecule has 0 atom stereocenters. The maximum Gasteiger partial charge on any atom is 0.145 e. The zero-order valence-corrected chi connectivity index (χ0v) is 4.76. The molecule has 0 spiro atoms. The summed E-state index contributed by atoms with van der Waals surface area (Å²) in [6.45, 7) is 1.88. The normalized spacial score (nSPS) is 14.7. The Morgan fingerprint density at radius 2 is 2.44 bits per heavy atom. The fraction of sp³-hybridized carbons (Fsp3) is 0. The second kappa shape index (κ2) is 1.70. The number of hydrogen-bond acceptors (Lipinski definition) is 3. The Balaban J connectivity index is 2.54. The molecule has 9 heavy (non-hydrogen) atoms. The average molecular weight is 120 g/mol. The Kier molecular flexibility index (Phi) is 0.899. The lowest BCUT2D eigenvalue weighted by Gasteiger charge is -1.92. The molecular weight excluding hydrogens is 114 g/mol. The molecule has 0 aromatic carbocycles. The van der Waals surface area contributed by atoms with E-state index in [1.807, 2.05) is 18.7 Å². The SMILES string of the molecule is [CH]1NNc2ncccc21. The second-order valence-electron chi connectivity index (χ2n) is 1.85. The molecule has 45 valence electrons. The van der Waals surface area contributed by atoms with Crippen LogP contribution in [0.25, 0.3) is 0 Å². The van der Waals surface area contributed by atoms with Crippen LogP contribution in [0.5, 0.6) is 0 Å². The van der Waals surface area contributed by atoms with E-state index in [2.05, 4.69) is 15.8 Å². The molecule has 1 aliphatic rings. The van der Waals surface area contributed by atoms with Crippen molar-refractivity contribution >= 4 is 5.82 Å². The highest BCUT2D eigenvalue weighted by Crippen LogP contribution is 2.15. The van der Waals surface area contributed by atoms with E-state index >= 15 is 0 Å². The number of fused-ring (bicyclic) bond motifs is 1. The van der Waals surface area contributed by atoms with Crippen molar-refractivity contribution in [2.24, 2.45) is 0 Å². The van der Waals surface area contributed by atoms with Crippen LogP contribution in [0, 0.1) is 6.54 Å². The average Bonchev–Trinajstić information content (AvgIpc) is 2.33. The molecule has 3 nitrogen and oxygen atoms in total. The molecule has 0 unspecified atom stereocenters. The summed E-state index contributed by atoms with van der Waals surface area (Å²) >= 11 is 0. The lowest BCUT2D eigenvalue weighted by molar-refractivity contribution is 1.03. The van der Waals surface area contributed by atoms with Gasteiger partial charge in [0.1, 0.15) is 5.82 Å². The van der Waals surface area contributed by atoms with Gasteiger partial charge in [-0.05, 0) is 6.07 Å². The van der Waals surface area contributed by atoms with Crippen molar-refractivity contribution in [3.63, 3.8) is 0 Å². The maximum atomic E-state index is 4.05. The number of anilines is 1. The first-order valence-corrected chi connectivity index (χ1v) is 2.76. The number of nitrogens with one attached hydrogen (secondary N) is 2. The molecule has 2 N–H and O–H groups in total. The van der Waals surface area contributed by atoms with Crippen LogP contribution in [-0.4, -0.2) is 4.98 Å². The van der Waals surface area contributed by atoms with Crippen LogP contribution in [0.2, 0.25) is 0 Å². The molecule has 2 rings (SSSR count). The molecule has 0 saturated carbocycles. The van der Waals surface area contributed by atoms with Crippen molar-refractivity contribution in [3.05, 3.63) is 30.4 Å². The van der Waals surface area contributed by atoms with Gasteiger partial charge in [-0.15, -0.1) is 0 Å². The van der Waals surface area contributed by atoms with E-state index in [1.165, 1.54) is 0 Å². The highest BCUT2D eigenvalue weighted by Gasteiger charge is 2.07. The van der Waals surface area contributed by atoms with E-state index in [1.54, 1.807) is 6.20 Å². The highest BCUT2D eigenvalue weighted by atomic mass is 15.4. The summed E-state index contributed by atoms with van der Waals surface area (Å²) < 4.78 is 0. The van der Waals surface area contributed by atoms with E-state index in [-0.39, 0.29) is 0 Å². The molecule has 1 aromatic heterocycles. The van der Waals surface area contributed by atoms with E-state index in [9.17, 15) is 0 Å². The third kappa shape index (κ3) is 0.658. The van der Waals surface area contributed by atoms with E-state index in [4.69, 9.17) is 0 Å². The third-order valence-corrected chi connectivity index (χ3v) is 1.26. The Labute approximate surface area is 53.1 Å². The Hall–Kier alpha value is -1.09. The van der Waals surface area contributed by atoms with E-state index < -0.39 is 0 Å². The van der Waals surface area contributed by atoms with Gasteiger partial charge in [-0.1, -0.05) is 6.07 Å². The van der Waals surface area contributed by atoms with Gasteiger partial charge in [0.15, 0.2) is 0 Å². The van der Waals surface area contributed by atoms with Crippen LogP contribution in [0.15, 0.2) is 18.3 Å². The number of hydrazine groups is 1. The standard InChI is InChI=1S/C6H6N3/c1-2-5-4-8-9-6(5)7-3-1/h1-4,8H,(H,7,9). The lowest BCUT2D eigenvalue weighted by atomic mass is 10.3.